The number of nitrogens with zero attached hydrogens (tertiary/aromatic N) is 1. The third-order valence-electron chi connectivity index (χ3n) is 5.70. The lowest BCUT2D eigenvalue weighted by Crippen LogP contribution is -2.41. The van der Waals surface area contributed by atoms with Gasteiger partial charge in [0.2, 0.25) is 15.9 Å². The Morgan fingerprint density at radius 1 is 1.13 bits per heavy atom. The number of hydrogen-bond acceptors (Lipinski definition) is 5. The largest absolute Gasteiger partial charge is 0.417 e. The van der Waals surface area contributed by atoms with Gasteiger partial charge in [-0.2, -0.15) is 4.31 Å². The Balaban J connectivity index is 1.39. The third kappa shape index (κ3) is 4.42. The molecule has 2 heterocycles. The highest BCUT2D eigenvalue weighted by Gasteiger charge is 2.32. The number of H-pyrrole nitrogens is 1. The lowest BCUT2D eigenvalue weighted by molar-refractivity contribution is -0.120. The molecule has 1 aliphatic heterocycles. The minimum atomic E-state index is -3.74. The van der Waals surface area contributed by atoms with Crippen LogP contribution in [0.4, 0.5) is 5.69 Å². The number of aromatic nitrogens is 1. The van der Waals surface area contributed by atoms with Gasteiger partial charge in [0.05, 0.1) is 10.4 Å². The molecule has 2 N–H and O–H groups in total. The summed E-state index contributed by atoms with van der Waals surface area (Å²) in [5.41, 5.74) is 2.59. The van der Waals surface area contributed by atoms with Crippen LogP contribution in [-0.2, 0) is 14.8 Å². The first-order chi connectivity index (χ1) is 14.7. The summed E-state index contributed by atoms with van der Waals surface area (Å²) in [6.07, 6.45) is 0.882. The second-order valence-corrected chi connectivity index (χ2v) is 10.1. The number of oxazole rings is 1. The number of nitrogens with one attached hydrogen (secondary N) is 2. The molecule has 0 radical (unpaired) electrons. The maximum absolute atomic E-state index is 13.0. The fraction of sp³-hybridized carbons (Fsp3) is 0.364. The van der Waals surface area contributed by atoms with Crippen LogP contribution in [-0.4, -0.2) is 36.7 Å². The Labute approximate surface area is 180 Å². The Morgan fingerprint density at radius 2 is 1.81 bits per heavy atom. The molecule has 164 valence electrons. The van der Waals surface area contributed by atoms with Crippen molar-refractivity contribution in [2.75, 3.05) is 18.4 Å². The lowest BCUT2D eigenvalue weighted by Gasteiger charge is -2.30. The van der Waals surface area contributed by atoms with Gasteiger partial charge in [-0.1, -0.05) is 26.0 Å². The van der Waals surface area contributed by atoms with Crippen LogP contribution in [0.15, 0.2) is 56.6 Å². The number of carbonyl (C=O) groups excluding carboxylic acids is 1. The van der Waals surface area contributed by atoms with Crippen molar-refractivity contribution < 1.29 is 17.6 Å². The van der Waals surface area contributed by atoms with E-state index >= 15 is 0 Å². The molecule has 4 rings (SSSR count). The molecule has 0 unspecified atom stereocenters. The zero-order chi connectivity index (χ0) is 22.2. The van der Waals surface area contributed by atoms with Gasteiger partial charge in [0.25, 0.3) is 0 Å². The molecule has 9 heteroatoms. The maximum Gasteiger partial charge on any atom is 0.417 e. The van der Waals surface area contributed by atoms with E-state index in [1.807, 2.05) is 24.3 Å². The third-order valence-corrected chi connectivity index (χ3v) is 7.59. The smallest absolute Gasteiger partial charge is 0.408 e. The van der Waals surface area contributed by atoms with Gasteiger partial charge in [-0.3, -0.25) is 9.78 Å². The summed E-state index contributed by atoms with van der Waals surface area (Å²) in [6.45, 7) is 4.73. The molecule has 0 atom stereocenters. The summed E-state index contributed by atoms with van der Waals surface area (Å²) >= 11 is 0. The molecule has 0 spiro atoms. The monoisotopic (exact) mass is 443 g/mol. The van der Waals surface area contributed by atoms with E-state index in [1.54, 1.807) is 0 Å². The van der Waals surface area contributed by atoms with Crippen molar-refractivity contribution in [3.8, 4) is 0 Å². The van der Waals surface area contributed by atoms with Crippen LogP contribution < -0.4 is 11.1 Å². The van der Waals surface area contributed by atoms with Gasteiger partial charge in [-0.05, 0) is 48.6 Å². The molecular weight excluding hydrogens is 418 g/mol. The summed E-state index contributed by atoms with van der Waals surface area (Å²) in [6, 6.07) is 12.1. The van der Waals surface area contributed by atoms with Crippen molar-refractivity contribution in [2.24, 2.45) is 5.92 Å². The van der Waals surface area contributed by atoms with E-state index in [4.69, 9.17) is 4.42 Å². The fourth-order valence-corrected chi connectivity index (χ4v) is 5.27. The number of aromatic amines is 1. The summed E-state index contributed by atoms with van der Waals surface area (Å²) in [5.74, 6) is -0.550. The van der Waals surface area contributed by atoms with E-state index in [1.165, 1.54) is 28.1 Å². The number of piperidine rings is 1. The van der Waals surface area contributed by atoms with Crippen molar-refractivity contribution in [2.45, 2.75) is 37.5 Å². The number of amides is 1. The van der Waals surface area contributed by atoms with Crippen LogP contribution in [0.3, 0.4) is 0 Å². The molecule has 8 nitrogen and oxygen atoms in total. The van der Waals surface area contributed by atoms with Crippen molar-refractivity contribution in [1.82, 2.24) is 9.29 Å². The number of rotatable bonds is 5. The van der Waals surface area contributed by atoms with Gasteiger partial charge < -0.3 is 9.73 Å². The van der Waals surface area contributed by atoms with E-state index in [-0.39, 0.29) is 35.4 Å². The zero-order valence-corrected chi connectivity index (χ0v) is 18.2. The number of hydrogen-bond donors (Lipinski definition) is 2. The van der Waals surface area contributed by atoms with Crippen LogP contribution >= 0.6 is 0 Å². The molecule has 2 aromatic carbocycles. The second-order valence-electron chi connectivity index (χ2n) is 8.12. The van der Waals surface area contributed by atoms with Gasteiger partial charge in [-0.25, -0.2) is 13.2 Å². The predicted octanol–water partition coefficient (Wildman–Crippen LogP) is 3.28. The minimum Gasteiger partial charge on any atom is -0.408 e. The molecule has 1 amide bonds. The molecule has 0 bridgehead atoms. The molecule has 1 saturated heterocycles. The highest BCUT2D eigenvalue weighted by atomic mass is 32.2. The molecule has 31 heavy (non-hydrogen) atoms. The highest BCUT2D eigenvalue weighted by molar-refractivity contribution is 7.89. The normalized spacial score (nSPS) is 16.1. The van der Waals surface area contributed by atoms with Crippen LogP contribution in [0.25, 0.3) is 11.1 Å². The van der Waals surface area contributed by atoms with Gasteiger partial charge in [0.15, 0.2) is 5.58 Å². The Kier molecular flexibility index (Phi) is 5.72. The van der Waals surface area contributed by atoms with Crippen molar-refractivity contribution in [3.05, 3.63) is 58.6 Å². The number of sulfonamides is 1. The summed E-state index contributed by atoms with van der Waals surface area (Å²) in [7, 11) is -3.74. The zero-order valence-electron chi connectivity index (χ0n) is 17.4. The molecule has 1 aliphatic rings. The summed E-state index contributed by atoms with van der Waals surface area (Å²) < 4.78 is 32.3. The molecular formula is C22H25N3O5S. The first-order valence-electron chi connectivity index (χ1n) is 10.3. The first-order valence-corrected chi connectivity index (χ1v) is 11.7. The van der Waals surface area contributed by atoms with E-state index < -0.39 is 15.8 Å². The van der Waals surface area contributed by atoms with E-state index in [9.17, 15) is 18.0 Å². The summed E-state index contributed by atoms with van der Waals surface area (Å²) in [5, 5.41) is 2.93. The van der Waals surface area contributed by atoms with Crippen molar-refractivity contribution in [1.29, 1.82) is 0 Å². The van der Waals surface area contributed by atoms with Gasteiger partial charge in [0.1, 0.15) is 0 Å². The van der Waals surface area contributed by atoms with Crippen LogP contribution in [0.1, 0.15) is 38.2 Å². The lowest BCUT2D eigenvalue weighted by atomic mass is 9.97. The van der Waals surface area contributed by atoms with Gasteiger partial charge in [0, 0.05) is 30.8 Å². The molecule has 1 fully saturated rings. The molecule has 3 aromatic rings. The van der Waals surface area contributed by atoms with E-state index in [0.29, 0.717) is 24.3 Å². The number of benzene rings is 2. The van der Waals surface area contributed by atoms with Crippen LogP contribution in [0.5, 0.6) is 0 Å². The summed E-state index contributed by atoms with van der Waals surface area (Å²) in [4.78, 5) is 26.5. The van der Waals surface area contributed by atoms with Crippen LogP contribution in [0, 0.1) is 5.92 Å². The topological polar surface area (TPSA) is 112 Å². The van der Waals surface area contributed by atoms with Gasteiger partial charge >= 0.3 is 5.76 Å². The van der Waals surface area contributed by atoms with Crippen LogP contribution in [0.2, 0.25) is 0 Å². The van der Waals surface area contributed by atoms with Gasteiger partial charge in [-0.15, -0.1) is 0 Å². The highest BCUT2D eigenvalue weighted by Crippen LogP contribution is 2.26. The quantitative estimate of drug-likeness (QED) is 0.628. The minimum absolute atomic E-state index is 0.0656. The first kappa shape index (κ1) is 21.3. The Bertz CT molecular complexity index is 1250. The SMILES string of the molecule is CC(C)c1ccc(NC(=O)C2CCN(S(=O)(=O)c3ccc4[nH]c(=O)oc4c3)CC2)cc1. The second kappa shape index (κ2) is 8.32. The number of anilines is 1. The average Bonchev–Trinajstić information content (AvgIpc) is 3.13. The van der Waals surface area contributed by atoms with E-state index in [0.717, 1.165) is 5.69 Å². The number of carbonyl (C=O) groups is 1. The van der Waals surface area contributed by atoms with Crippen molar-refractivity contribution in [3.63, 3.8) is 0 Å². The maximum atomic E-state index is 13.0. The Morgan fingerprint density at radius 3 is 2.45 bits per heavy atom. The Hall–Kier alpha value is -2.91. The number of fused-ring (bicyclic) bond motifs is 1. The van der Waals surface area contributed by atoms with Crippen molar-refractivity contribution >= 4 is 32.7 Å². The molecule has 0 saturated carbocycles. The molecule has 0 aliphatic carbocycles. The fourth-order valence-electron chi connectivity index (χ4n) is 3.79. The standard InChI is InChI=1S/C22H25N3O5S/c1-14(2)15-3-5-17(6-4-15)23-21(26)16-9-11-25(12-10-16)31(28,29)18-7-8-19-20(13-18)30-22(27)24-19/h3-8,13-14,16H,9-12H2,1-2H3,(H,23,26)(H,24,27). The molecule has 1 aromatic heterocycles. The predicted molar refractivity (Wildman–Crippen MR) is 117 cm³/mol. The van der Waals surface area contributed by atoms with E-state index in [2.05, 4.69) is 24.1 Å². The average molecular weight is 444 g/mol.